The van der Waals surface area contributed by atoms with Gasteiger partial charge in [-0.15, -0.1) is 5.10 Å². The summed E-state index contributed by atoms with van der Waals surface area (Å²) >= 11 is 0. The predicted octanol–water partition coefficient (Wildman–Crippen LogP) is 4.01. The van der Waals surface area contributed by atoms with Gasteiger partial charge in [-0.25, -0.2) is 4.68 Å². The first-order valence-electron chi connectivity index (χ1n) is 8.31. The van der Waals surface area contributed by atoms with Crippen molar-refractivity contribution < 1.29 is 13.2 Å². The molecule has 1 aliphatic carbocycles. The number of hydrogen-bond acceptors (Lipinski definition) is 4. The lowest BCUT2D eigenvalue weighted by atomic mass is 10.1. The third kappa shape index (κ3) is 3.29. The summed E-state index contributed by atoms with van der Waals surface area (Å²) in [5.41, 5.74) is 1.10. The van der Waals surface area contributed by atoms with Gasteiger partial charge in [-0.3, -0.25) is 0 Å². The summed E-state index contributed by atoms with van der Waals surface area (Å²) in [5, 5.41) is 16.9. The van der Waals surface area contributed by atoms with Gasteiger partial charge in [0, 0.05) is 24.0 Å². The Labute approximate surface area is 149 Å². The van der Waals surface area contributed by atoms with Crippen molar-refractivity contribution in [2.45, 2.75) is 38.9 Å². The zero-order valence-corrected chi connectivity index (χ0v) is 14.5. The second-order valence-corrected chi connectivity index (χ2v) is 6.18. The van der Waals surface area contributed by atoms with E-state index in [9.17, 15) is 13.2 Å². The molecule has 0 bridgehead atoms. The van der Waals surface area contributed by atoms with E-state index < -0.39 is 11.7 Å². The minimum atomic E-state index is -4.56. The molecule has 0 fully saturated rings. The lowest BCUT2D eigenvalue weighted by Crippen LogP contribution is -2.32. The second kappa shape index (κ2) is 6.83. The number of rotatable bonds is 4. The van der Waals surface area contributed by atoms with Crippen molar-refractivity contribution in [3.05, 3.63) is 47.3 Å². The van der Waals surface area contributed by atoms with E-state index in [-0.39, 0.29) is 11.6 Å². The van der Waals surface area contributed by atoms with Gasteiger partial charge in [-0.1, -0.05) is 5.21 Å². The minimum absolute atomic E-state index is 0.0346. The highest BCUT2D eigenvalue weighted by Crippen LogP contribution is 2.36. The van der Waals surface area contributed by atoms with Gasteiger partial charge in [0.25, 0.3) is 0 Å². The molecule has 0 spiro atoms. The van der Waals surface area contributed by atoms with Crippen LogP contribution in [0.2, 0.25) is 0 Å². The topological polar surface area (TPSA) is 57.7 Å². The molecule has 0 amide bonds. The highest BCUT2D eigenvalue weighted by Gasteiger charge is 2.35. The maximum atomic E-state index is 13.3. The van der Waals surface area contributed by atoms with Crippen LogP contribution >= 0.6 is 0 Å². The summed E-state index contributed by atoms with van der Waals surface area (Å²) in [4.78, 5) is 1.91. The number of alkyl halides is 3. The van der Waals surface area contributed by atoms with Gasteiger partial charge >= 0.3 is 6.18 Å². The van der Waals surface area contributed by atoms with Crippen LogP contribution < -0.4 is 4.90 Å². The van der Waals surface area contributed by atoms with E-state index in [2.05, 4.69) is 10.3 Å². The summed E-state index contributed by atoms with van der Waals surface area (Å²) in [6, 6.07) is 5.46. The molecule has 0 N–H and O–H groups in total. The van der Waals surface area contributed by atoms with Crippen LogP contribution in [0.1, 0.15) is 36.6 Å². The summed E-state index contributed by atoms with van der Waals surface area (Å²) in [5.74, 6) is 0. The first-order chi connectivity index (χ1) is 12.3. The molecular weight excluding hydrogens is 343 g/mol. The van der Waals surface area contributed by atoms with Crippen molar-refractivity contribution in [3.8, 4) is 6.07 Å². The molecule has 136 valence electrons. The largest absolute Gasteiger partial charge is 0.417 e. The summed E-state index contributed by atoms with van der Waals surface area (Å²) in [6.45, 7) is 4.36. The van der Waals surface area contributed by atoms with Crippen molar-refractivity contribution in [2.75, 3.05) is 11.4 Å². The predicted molar refractivity (Wildman–Crippen MR) is 91.2 cm³/mol. The lowest BCUT2D eigenvalue weighted by Gasteiger charge is -2.29. The fraction of sp³-hybridized carbons (Fsp3) is 0.389. The number of aromatic nitrogens is 3. The van der Waals surface area contributed by atoms with Crippen LogP contribution in [0.15, 0.2) is 30.5 Å². The molecule has 1 aromatic heterocycles. The Bertz CT molecular complexity index is 876. The zero-order valence-electron chi connectivity index (χ0n) is 14.5. The number of allylic oxidation sites excluding steroid dienone is 1. The van der Waals surface area contributed by atoms with E-state index in [4.69, 9.17) is 5.26 Å². The molecule has 1 heterocycles. The Hall–Kier alpha value is -2.82. The Morgan fingerprint density at radius 3 is 2.73 bits per heavy atom. The maximum Gasteiger partial charge on any atom is 0.417 e. The fourth-order valence-electron chi connectivity index (χ4n) is 3.33. The average molecular weight is 361 g/mol. The van der Waals surface area contributed by atoms with E-state index in [0.29, 0.717) is 12.2 Å². The Morgan fingerprint density at radius 1 is 1.38 bits per heavy atom. The number of likely N-dealkylation sites (N-methyl/N-ethyl adjacent to an activating group) is 1. The van der Waals surface area contributed by atoms with Crippen molar-refractivity contribution in [2.24, 2.45) is 0 Å². The van der Waals surface area contributed by atoms with E-state index >= 15 is 0 Å². The first kappa shape index (κ1) is 18.0. The molecule has 0 saturated heterocycles. The summed E-state index contributed by atoms with van der Waals surface area (Å²) < 4.78 is 41.5. The van der Waals surface area contributed by atoms with Crippen LogP contribution in [0.3, 0.4) is 0 Å². The van der Waals surface area contributed by atoms with Crippen LogP contribution in [0.25, 0.3) is 5.70 Å². The summed E-state index contributed by atoms with van der Waals surface area (Å²) in [6.07, 6.45) is 0.686. The van der Waals surface area contributed by atoms with Gasteiger partial charge < -0.3 is 4.90 Å². The fourth-order valence-corrected chi connectivity index (χ4v) is 3.33. The molecule has 8 heteroatoms. The number of benzene rings is 1. The minimum Gasteiger partial charge on any atom is -0.365 e. The normalized spacial score (nSPS) is 17.1. The molecule has 0 aliphatic heterocycles. The van der Waals surface area contributed by atoms with Crippen LogP contribution in [0, 0.1) is 18.3 Å². The Balaban J connectivity index is 1.94. The first-order valence-corrected chi connectivity index (χ1v) is 8.31. The zero-order chi connectivity index (χ0) is 18.9. The van der Waals surface area contributed by atoms with Gasteiger partial charge in [0.15, 0.2) is 0 Å². The van der Waals surface area contributed by atoms with E-state index in [1.165, 1.54) is 6.07 Å². The van der Waals surface area contributed by atoms with Gasteiger partial charge in [0.05, 0.1) is 29.1 Å². The van der Waals surface area contributed by atoms with Crippen LogP contribution in [0.4, 0.5) is 18.9 Å². The molecule has 1 unspecified atom stereocenters. The van der Waals surface area contributed by atoms with Crippen LogP contribution in [-0.4, -0.2) is 27.6 Å². The smallest absolute Gasteiger partial charge is 0.365 e. The van der Waals surface area contributed by atoms with Crippen molar-refractivity contribution in [1.29, 1.82) is 5.26 Å². The number of aryl methyl sites for hydroxylation is 1. The maximum absolute atomic E-state index is 13.3. The van der Waals surface area contributed by atoms with Crippen LogP contribution in [0.5, 0.6) is 0 Å². The highest BCUT2D eigenvalue weighted by atomic mass is 19.4. The molecule has 26 heavy (non-hydrogen) atoms. The molecule has 2 aromatic rings. The van der Waals surface area contributed by atoms with E-state index in [0.717, 1.165) is 30.3 Å². The molecule has 0 radical (unpaired) electrons. The number of hydrogen-bond donors (Lipinski definition) is 0. The number of anilines is 1. The monoisotopic (exact) mass is 361 g/mol. The standard InChI is InChI=1S/C18H18F3N5/c1-3-25(14-6-7-16(8-14)26-12(2)11-23-24-26)15-5-4-13(10-22)17(9-15)18(19,20)21/h4-5,8-9,11,14H,3,6-7H2,1-2H3. The number of halogens is 3. The molecule has 1 atom stereocenters. The van der Waals surface area contributed by atoms with E-state index in [1.807, 2.05) is 24.8 Å². The molecule has 1 aromatic carbocycles. The van der Waals surface area contributed by atoms with Gasteiger partial charge in [-0.2, -0.15) is 18.4 Å². The average Bonchev–Trinajstić information content (AvgIpc) is 3.23. The third-order valence-corrected chi connectivity index (χ3v) is 4.57. The molecule has 5 nitrogen and oxygen atoms in total. The van der Waals surface area contributed by atoms with Crippen molar-refractivity contribution >= 4 is 11.4 Å². The van der Waals surface area contributed by atoms with Crippen molar-refractivity contribution in [3.63, 3.8) is 0 Å². The Morgan fingerprint density at radius 2 is 2.15 bits per heavy atom. The third-order valence-electron chi connectivity index (χ3n) is 4.57. The lowest BCUT2D eigenvalue weighted by molar-refractivity contribution is -0.137. The van der Waals surface area contributed by atoms with Gasteiger partial charge in [0.1, 0.15) is 0 Å². The summed E-state index contributed by atoms with van der Waals surface area (Å²) in [7, 11) is 0. The van der Waals surface area contributed by atoms with Gasteiger partial charge in [0.2, 0.25) is 0 Å². The highest BCUT2D eigenvalue weighted by molar-refractivity contribution is 5.59. The molecular formula is C18H18F3N5. The Kier molecular flexibility index (Phi) is 4.72. The second-order valence-electron chi connectivity index (χ2n) is 6.18. The van der Waals surface area contributed by atoms with E-state index in [1.54, 1.807) is 23.0 Å². The van der Waals surface area contributed by atoms with Crippen LogP contribution in [-0.2, 0) is 6.18 Å². The number of nitriles is 1. The molecule has 3 rings (SSSR count). The SMILES string of the molecule is CCN(c1ccc(C#N)c(C(F)(F)F)c1)C1C=C(n2nncc2C)CC1. The molecule has 1 aliphatic rings. The number of nitrogens with zero attached hydrogens (tertiary/aromatic N) is 5. The molecule has 0 saturated carbocycles. The van der Waals surface area contributed by atoms with Gasteiger partial charge in [-0.05, 0) is 51.0 Å². The quantitative estimate of drug-likeness (QED) is 0.826. The van der Waals surface area contributed by atoms with Crippen molar-refractivity contribution in [1.82, 2.24) is 15.0 Å².